The molecule has 3 aromatic carbocycles. The van der Waals surface area contributed by atoms with Crippen molar-refractivity contribution in [3.05, 3.63) is 78.9 Å². The number of hydrogen-bond acceptors (Lipinski definition) is 2. The van der Waals surface area contributed by atoms with E-state index in [0.29, 0.717) is 11.1 Å². The van der Waals surface area contributed by atoms with Crippen LogP contribution in [-0.4, -0.2) is 8.42 Å². The molecule has 2 N–H and O–H groups in total. The summed E-state index contributed by atoms with van der Waals surface area (Å²) in [7, 11) is -3.86. The first-order valence-corrected chi connectivity index (χ1v) is 8.38. The lowest BCUT2D eigenvalue weighted by atomic mass is 9.99. The molecule has 0 radical (unpaired) electrons. The van der Waals surface area contributed by atoms with Crippen LogP contribution in [0.3, 0.4) is 0 Å². The highest BCUT2D eigenvalue weighted by molar-refractivity contribution is 7.89. The van der Waals surface area contributed by atoms with Gasteiger partial charge in [-0.1, -0.05) is 78.9 Å². The molecule has 4 heteroatoms. The number of primary sulfonamides is 1. The minimum Gasteiger partial charge on any atom is -0.225 e. The summed E-state index contributed by atoms with van der Waals surface area (Å²) in [6.07, 6.45) is 0. The second-order valence-electron chi connectivity index (χ2n) is 4.96. The minimum atomic E-state index is -3.86. The molecule has 0 spiro atoms. The molecule has 0 aromatic heterocycles. The lowest BCUT2D eigenvalue weighted by Gasteiger charge is -2.13. The molecule has 0 fully saturated rings. The van der Waals surface area contributed by atoms with E-state index in [1.54, 1.807) is 12.1 Å². The van der Waals surface area contributed by atoms with E-state index >= 15 is 0 Å². The number of sulfonamides is 1. The average molecular weight is 309 g/mol. The summed E-state index contributed by atoms with van der Waals surface area (Å²) in [5.41, 5.74) is 2.88. The first-order chi connectivity index (χ1) is 10.6. The molecular formula is C18H15NO2S. The summed E-state index contributed by atoms with van der Waals surface area (Å²) >= 11 is 0. The maximum atomic E-state index is 12.2. The molecule has 0 aliphatic rings. The van der Waals surface area contributed by atoms with Crippen LogP contribution < -0.4 is 5.14 Å². The molecule has 0 unspecified atom stereocenters. The molecule has 0 amide bonds. The van der Waals surface area contributed by atoms with Gasteiger partial charge in [-0.2, -0.15) is 0 Å². The number of hydrogen-bond donors (Lipinski definition) is 1. The molecule has 0 aliphatic carbocycles. The van der Waals surface area contributed by atoms with Gasteiger partial charge in [0.25, 0.3) is 0 Å². The third-order valence-corrected chi connectivity index (χ3v) is 4.48. The molecule has 3 rings (SSSR count). The van der Waals surface area contributed by atoms with E-state index in [-0.39, 0.29) is 4.90 Å². The SMILES string of the molecule is NS(=O)(=O)c1c(-c2ccccc2)cccc1-c1ccccc1. The van der Waals surface area contributed by atoms with Crippen molar-refractivity contribution in [3.63, 3.8) is 0 Å². The van der Waals surface area contributed by atoms with Gasteiger partial charge in [-0.25, -0.2) is 13.6 Å². The average Bonchev–Trinajstić information content (AvgIpc) is 2.55. The van der Waals surface area contributed by atoms with Gasteiger partial charge in [0.1, 0.15) is 0 Å². The van der Waals surface area contributed by atoms with Gasteiger partial charge in [0.2, 0.25) is 10.0 Å². The van der Waals surface area contributed by atoms with Crippen LogP contribution in [0.1, 0.15) is 0 Å². The summed E-state index contributed by atoms with van der Waals surface area (Å²) in [6.45, 7) is 0. The van der Waals surface area contributed by atoms with E-state index < -0.39 is 10.0 Å². The maximum Gasteiger partial charge on any atom is 0.239 e. The molecule has 0 saturated carbocycles. The number of rotatable bonds is 3. The Bertz CT molecular complexity index is 831. The zero-order valence-electron chi connectivity index (χ0n) is 11.8. The topological polar surface area (TPSA) is 60.2 Å². The Morgan fingerprint density at radius 1 is 0.591 bits per heavy atom. The highest BCUT2D eigenvalue weighted by Crippen LogP contribution is 2.34. The predicted octanol–water partition coefficient (Wildman–Crippen LogP) is 3.67. The van der Waals surface area contributed by atoms with Gasteiger partial charge >= 0.3 is 0 Å². The lowest BCUT2D eigenvalue weighted by molar-refractivity contribution is 0.598. The smallest absolute Gasteiger partial charge is 0.225 e. The lowest BCUT2D eigenvalue weighted by Crippen LogP contribution is -2.15. The van der Waals surface area contributed by atoms with Crippen molar-refractivity contribution in [3.8, 4) is 22.3 Å². The largest absolute Gasteiger partial charge is 0.239 e. The minimum absolute atomic E-state index is 0.160. The Labute approximate surface area is 130 Å². The van der Waals surface area contributed by atoms with Gasteiger partial charge < -0.3 is 0 Å². The van der Waals surface area contributed by atoms with Gasteiger partial charge in [-0.15, -0.1) is 0 Å². The van der Waals surface area contributed by atoms with Crippen LogP contribution in [0.4, 0.5) is 0 Å². The molecule has 3 aromatic rings. The van der Waals surface area contributed by atoms with Crippen molar-refractivity contribution in [1.29, 1.82) is 0 Å². The van der Waals surface area contributed by atoms with E-state index in [9.17, 15) is 8.42 Å². The van der Waals surface area contributed by atoms with Gasteiger partial charge in [0.15, 0.2) is 0 Å². The fourth-order valence-corrected chi connectivity index (χ4v) is 3.52. The standard InChI is InChI=1S/C18H15NO2S/c19-22(20,21)18-16(14-8-3-1-4-9-14)12-7-13-17(18)15-10-5-2-6-11-15/h1-13H,(H2,19,20,21). The predicted molar refractivity (Wildman–Crippen MR) is 88.7 cm³/mol. The van der Waals surface area contributed by atoms with E-state index in [0.717, 1.165) is 11.1 Å². The quantitative estimate of drug-likeness (QED) is 0.802. The van der Waals surface area contributed by atoms with Crippen molar-refractivity contribution in [2.24, 2.45) is 5.14 Å². The Hall–Kier alpha value is -2.43. The maximum absolute atomic E-state index is 12.2. The zero-order valence-corrected chi connectivity index (χ0v) is 12.6. The van der Waals surface area contributed by atoms with E-state index in [1.165, 1.54) is 0 Å². The molecule has 0 heterocycles. The van der Waals surface area contributed by atoms with Gasteiger partial charge in [-0.05, 0) is 11.1 Å². The second-order valence-corrected chi connectivity index (χ2v) is 6.46. The molecular weight excluding hydrogens is 294 g/mol. The Morgan fingerprint density at radius 3 is 1.36 bits per heavy atom. The normalized spacial score (nSPS) is 11.3. The van der Waals surface area contributed by atoms with Crippen LogP contribution in [0, 0.1) is 0 Å². The zero-order chi connectivity index (χ0) is 15.6. The highest BCUT2D eigenvalue weighted by Gasteiger charge is 2.20. The first kappa shape index (κ1) is 14.5. The Morgan fingerprint density at radius 2 is 1.00 bits per heavy atom. The summed E-state index contributed by atoms with van der Waals surface area (Å²) in [5, 5.41) is 5.51. The van der Waals surface area contributed by atoms with Crippen molar-refractivity contribution < 1.29 is 8.42 Å². The van der Waals surface area contributed by atoms with Gasteiger partial charge in [-0.3, -0.25) is 0 Å². The molecule has 3 nitrogen and oxygen atoms in total. The van der Waals surface area contributed by atoms with E-state index in [4.69, 9.17) is 5.14 Å². The fourth-order valence-electron chi connectivity index (χ4n) is 2.53. The summed E-state index contributed by atoms with van der Waals surface area (Å²) in [6, 6.07) is 24.2. The van der Waals surface area contributed by atoms with Crippen LogP contribution in [-0.2, 0) is 10.0 Å². The van der Waals surface area contributed by atoms with Crippen LogP contribution in [0.15, 0.2) is 83.8 Å². The van der Waals surface area contributed by atoms with Crippen LogP contribution in [0.25, 0.3) is 22.3 Å². The molecule has 0 atom stereocenters. The van der Waals surface area contributed by atoms with Crippen molar-refractivity contribution in [2.45, 2.75) is 4.90 Å². The third-order valence-electron chi connectivity index (χ3n) is 3.47. The first-order valence-electron chi connectivity index (χ1n) is 6.84. The summed E-state index contributed by atoms with van der Waals surface area (Å²) in [5.74, 6) is 0. The van der Waals surface area contributed by atoms with E-state index in [1.807, 2.05) is 66.7 Å². The van der Waals surface area contributed by atoms with Crippen molar-refractivity contribution >= 4 is 10.0 Å². The molecule has 0 saturated heterocycles. The molecule has 0 aliphatic heterocycles. The highest BCUT2D eigenvalue weighted by atomic mass is 32.2. The number of nitrogens with two attached hydrogens (primary N) is 1. The van der Waals surface area contributed by atoms with Crippen molar-refractivity contribution in [1.82, 2.24) is 0 Å². The van der Waals surface area contributed by atoms with Crippen LogP contribution in [0.5, 0.6) is 0 Å². The Kier molecular flexibility index (Phi) is 3.79. The summed E-state index contributed by atoms with van der Waals surface area (Å²) < 4.78 is 24.4. The molecule has 0 bridgehead atoms. The fraction of sp³-hybridized carbons (Fsp3) is 0. The van der Waals surface area contributed by atoms with Gasteiger partial charge in [0.05, 0.1) is 4.90 Å². The number of benzene rings is 3. The monoisotopic (exact) mass is 309 g/mol. The van der Waals surface area contributed by atoms with Crippen LogP contribution >= 0.6 is 0 Å². The second kappa shape index (κ2) is 5.75. The van der Waals surface area contributed by atoms with Crippen molar-refractivity contribution in [2.75, 3.05) is 0 Å². The van der Waals surface area contributed by atoms with Crippen LogP contribution in [0.2, 0.25) is 0 Å². The molecule has 22 heavy (non-hydrogen) atoms. The van der Waals surface area contributed by atoms with E-state index in [2.05, 4.69) is 0 Å². The third kappa shape index (κ3) is 2.79. The summed E-state index contributed by atoms with van der Waals surface area (Å²) in [4.78, 5) is 0.160. The Balaban J connectivity index is 2.34. The van der Waals surface area contributed by atoms with Gasteiger partial charge in [0, 0.05) is 11.1 Å². The molecule has 110 valence electrons.